The number of pyridine rings is 1. The molecule has 1 fully saturated rings. The van der Waals surface area contributed by atoms with Gasteiger partial charge in [0.1, 0.15) is 17.5 Å². The minimum Gasteiger partial charge on any atom is -0.485 e. The molecule has 7 heteroatoms. The lowest BCUT2D eigenvalue weighted by atomic mass is 10.3. The summed E-state index contributed by atoms with van der Waals surface area (Å²) in [6.45, 7) is 3.82. The first-order chi connectivity index (χ1) is 11.1. The Hall–Kier alpha value is -2.41. The second-order valence-corrected chi connectivity index (χ2v) is 5.55. The maximum Gasteiger partial charge on any atom is 0.272 e. The van der Waals surface area contributed by atoms with Crippen molar-refractivity contribution in [3.63, 3.8) is 0 Å². The van der Waals surface area contributed by atoms with Crippen LogP contribution in [0.1, 0.15) is 16.2 Å². The van der Waals surface area contributed by atoms with Gasteiger partial charge in [-0.25, -0.2) is 0 Å². The van der Waals surface area contributed by atoms with Crippen LogP contribution >= 0.6 is 0 Å². The molecular formula is C16H20N4O3. The predicted octanol–water partition coefficient (Wildman–Crippen LogP) is 1.04. The molecule has 0 spiro atoms. The van der Waals surface area contributed by atoms with Crippen molar-refractivity contribution in [2.75, 3.05) is 26.3 Å². The molecule has 1 unspecified atom stereocenters. The number of rotatable bonds is 3. The van der Waals surface area contributed by atoms with Crippen LogP contribution in [0.5, 0.6) is 5.75 Å². The predicted molar refractivity (Wildman–Crippen MR) is 83.3 cm³/mol. The summed E-state index contributed by atoms with van der Waals surface area (Å²) in [5.41, 5.74) is 1.40. The van der Waals surface area contributed by atoms with E-state index in [0.717, 1.165) is 5.69 Å². The Bertz CT molecular complexity index is 671. The lowest BCUT2D eigenvalue weighted by molar-refractivity contribution is 0.0644. The number of aryl methyl sites for hydroxylation is 2. The Balaban J connectivity index is 1.72. The van der Waals surface area contributed by atoms with Crippen LogP contribution in [0, 0.1) is 6.92 Å². The van der Waals surface area contributed by atoms with Gasteiger partial charge in [-0.05, 0) is 25.1 Å². The maximum atomic E-state index is 12.7. The number of carbonyl (C=O) groups is 1. The van der Waals surface area contributed by atoms with Crippen molar-refractivity contribution in [3.8, 4) is 5.75 Å². The van der Waals surface area contributed by atoms with Gasteiger partial charge in [0.2, 0.25) is 0 Å². The van der Waals surface area contributed by atoms with Gasteiger partial charge >= 0.3 is 0 Å². The van der Waals surface area contributed by atoms with E-state index in [9.17, 15) is 4.79 Å². The first kappa shape index (κ1) is 15.5. The number of nitrogens with zero attached hydrogens (tertiary/aromatic N) is 4. The summed E-state index contributed by atoms with van der Waals surface area (Å²) in [5, 5.41) is 4.24. The monoisotopic (exact) mass is 316 g/mol. The fourth-order valence-electron chi connectivity index (χ4n) is 2.62. The number of amides is 1. The molecule has 0 bridgehead atoms. The average Bonchev–Trinajstić information content (AvgIpc) is 2.74. The van der Waals surface area contributed by atoms with Crippen LogP contribution in [0.25, 0.3) is 0 Å². The SMILES string of the molecule is Cc1cc(C(=O)N2CCOCC(Oc3cccnc3)C2)n(C)n1. The molecule has 2 aromatic rings. The maximum absolute atomic E-state index is 12.7. The van der Waals surface area contributed by atoms with Crippen molar-refractivity contribution in [3.05, 3.63) is 42.0 Å². The van der Waals surface area contributed by atoms with E-state index < -0.39 is 0 Å². The molecule has 1 amide bonds. The lowest BCUT2D eigenvalue weighted by Crippen LogP contribution is -2.40. The van der Waals surface area contributed by atoms with Crippen LogP contribution in [0.2, 0.25) is 0 Å². The zero-order chi connectivity index (χ0) is 16.2. The molecule has 1 atom stereocenters. The Morgan fingerprint density at radius 2 is 2.35 bits per heavy atom. The third-order valence-electron chi connectivity index (χ3n) is 3.68. The van der Waals surface area contributed by atoms with Crippen molar-refractivity contribution < 1.29 is 14.3 Å². The highest BCUT2D eigenvalue weighted by Crippen LogP contribution is 2.14. The minimum atomic E-state index is -0.222. The molecule has 2 aromatic heterocycles. The van der Waals surface area contributed by atoms with Crippen LogP contribution < -0.4 is 4.74 Å². The third kappa shape index (κ3) is 3.68. The zero-order valence-corrected chi connectivity index (χ0v) is 13.3. The van der Waals surface area contributed by atoms with Crippen LogP contribution in [-0.4, -0.2) is 58.0 Å². The molecule has 0 N–H and O–H groups in total. The molecule has 23 heavy (non-hydrogen) atoms. The largest absolute Gasteiger partial charge is 0.485 e. The Morgan fingerprint density at radius 1 is 1.48 bits per heavy atom. The summed E-state index contributed by atoms with van der Waals surface area (Å²) in [5.74, 6) is 0.616. The van der Waals surface area contributed by atoms with Crippen LogP contribution in [-0.2, 0) is 11.8 Å². The summed E-state index contributed by atoms with van der Waals surface area (Å²) in [7, 11) is 1.78. The van der Waals surface area contributed by atoms with Gasteiger partial charge in [0, 0.05) is 19.8 Å². The third-order valence-corrected chi connectivity index (χ3v) is 3.68. The van der Waals surface area contributed by atoms with Gasteiger partial charge in [0.05, 0.1) is 31.6 Å². The average molecular weight is 316 g/mol. The molecule has 1 aliphatic heterocycles. The van der Waals surface area contributed by atoms with Gasteiger partial charge in [0.25, 0.3) is 5.91 Å². The van der Waals surface area contributed by atoms with E-state index in [-0.39, 0.29) is 12.0 Å². The highest BCUT2D eigenvalue weighted by Gasteiger charge is 2.26. The summed E-state index contributed by atoms with van der Waals surface area (Å²) in [4.78, 5) is 18.5. The Morgan fingerprint density at radius 3 is 3.04 bits per heavy atom. The molecule has 3 rings (SSSR count). The quantitative estimate of drug-likeness (QED) is 0.846. The van der Waals surface area contributed by atoms with E-state index in [2.05, 4.69) is 10.1 Å². The Kier molecular flexibility index (Phi) is 4.57. The van der Waals surface area contributed by atoms with E-state index in [1.807, 2.05) is 19.1 Å². The fraction of sp³-hybridized carbons (Fsp3) is 0.438. The van der Waals surface area contributed by atoms with E-state index in [0.29, 0.717) is 37.7 Å². The topological polar surface area (TPSA) is 69.5 Å². The number of hydrogen-bond donors (Lipinski definition) is 0. The van der Waals surface area contributed by atoms with E-state index >= 15 is 0 Å². The van der Waals surface area contributed by atoms with E-state index in [4.69, 9.17) is 9.47 Å². The molecule has 0 radical (unpaired) electrons. The Labute approximate surface area is 134 Å². The first-order valence-electron chi connectivity index (χ1n) is 7.58. The highest BCUT2D eigenvalue weighted by atomic mass is 16.5. The van der Waals surface area contributed by atoms with Crippen molar-refractivity contribution >= 4 is 5.91 Å². The molecule has 1 saturated heterocycles. The van der Waals surface area contributed by atoms with Crippen LogP contribution in [0.4, 0.5) is 0 Å². The van der Waals surface area contributed by atoms with Gasteiger partial charge in [-0.3, -0.25) is 14.5 Å². The van der Waals surface area contributed by atoms with Crippen LogP contribution in [0.3, 0.4) is 0 Å². The summed E-state index contributed by atoms with van der Waals surface area (Å²) >= 11 is 0. The molecule has 0 aliphatic carbocycles. The normalized spacial score (nSPS) is 18.5. The highest BCUT2D eigenvalue weighted by molar-refractivity contribution is 5.92. The second-order valence-electron chi connectivity index (χ2n) is 5.55. The summed E-state index contributed by atoms with van der Waals surface area (Å²) in [6.07, 6.45) is 3.12. The van der Waals surface area contributed by atoms with Crippen molar-refractivity contribution in [1.29, 1.82) is 0 Å². The van der Waals surface area contributed by atoms with Gasteiger partial charge in [0.15, 0.2) is 0 Å². The van der Waals surface area contributed by atoms with Crippen molar-refractivity contribution in [2.24, 2.45) is 7.05 Å². The standard InChI is InChI=1S/C16H20N4O3/c1-12-8-15(19(2)18-12)16(21)20-6-7-22-11-14(10-20)23-13-4-3-5-17-9-13/h3-5,8-9,14H,6-7,10-11H2,1-2H3. The van der Waals surface area contributed by atoms with Gasteiger partial charge < -0.3 is 14.4 Å². The summed E-state index contributed by atoms with van der Waals surface area (Å²) in [6, 6.07) is 5.45. The van der Waals surface area contributed by atoms with Crippen molar-refractivity contribution in [2.45, 2.75) is 13.0 Å². The van der Waals surface area contributed by atoms with Gasteiger partial charge in [-0.2, -0.15) is 5.10 Å². The van der Waals surface area contributed by atoms with Gasteiger partial charge in [-0.15, -0.1) is 0 Å². The smallest absolute Gasteiger partial charge is 0.272 e. The molecule has 3 heterocycles. The number of hydrogen-bond acceptors (Lipinski definition) is 5. The van der Waals surface area contributed by atoms with Gasteiger partial charge in [-0.1, -0.05) is 0 Å². The van der Waals surface area contributed by atoms with Crippen molar-refractivity contribution in [1.82, 2.24) is 19.7 Å². The number of ether oxygens (including phenoxy) is 2. The number of carbonyl (C=O) groups excluding carboxylic acids is 1. The van der Waals surface area contributed by atoms with E-state index in [1.165, 1.54) is 0 Å². The first-order valence-corrected chi connectivity index (χ1v) is 7.58. The van der Waals surface area contributed by atoms with Crippen LogP contribution in [0.15, 0.2) is 30.6 Å². The molecule has 7 nitrogen and oxygen atoms in total. The zero-order valence-electron chi connectivity index (χ0n) is 13.3. The number of aromatic nitrogens is 3. The second kappa shape index (κ2) is 6.78. The summed E-state index contributed by atoms with van der Waals surface area (Å²) < 4.78 is 13.1. The molecule has 0 saturated carbocycles. The fourth-order valence-corrected chi connectivity index (χ4v) is 2.62. The lowest BCUT2D eigenvalue weighted by Gasteiger charge is -2.24. The molecule has 1 aliphatic rings. The molecule has 0 aromatic carbocycles. The molecule has 122 valence electrons. The minimum absolute atomic E-state index is 0.0570. The van der Waals surface area contributed by atoms with E-state index in [1.54, 1.807) is 35.1 Å². The molecular weight excluding hydrogens is 296 g/mol.